The van der Waals surface area contributed by atoms with Crippen molar-refractivity contribution < 1.29 is 0 Å². The van der Waals surface area contributed by atoms with Crippen LogP contribution in [-0.4, -0.2) is 16.4 Å². The van der Waals surface area contributed by atoms with Crippen molar-refractivity contribution in [2.45, 2.75) is 6.17 Å². The Morgan fingerprint density at radius 2 is 1.23 bits per heavy atom. The van der Waals surface area contributed by atoms with Crippen LogP contribution in [0.15, 0.2) is 156 Å². The Bertz CT molecular complexity index is 2420. The lowest BCUT2D eigenvalue weighted by Crippen LogP contribution is -2.37. The number of thiophene rings is 1. The lowest BCUT2D eigenvalue weighted by molar-refractivity contribution is 0.661. The Hall–Kier alpha value is -5.52. The molecule has 0 amide bonds. The molecule has 0 spiro atoms. The van der Waals surface area contributed by atoms with Gasteiger partial charge in [0.2, 0.25) is 5.96 Å². The minimum atomic E-state index is -0.291. The molecule has 6 aromatic carbocycles. The lowest BCUT2D eigenvalue weighted by Gasteiger charge is -2.25. The Balaban J connectivity index is 1.29. The van der Waals surface area contributed by atoms with Crippen molar-refractivity contribution in [3.63, 3.8) is 0 Å². The smallest absolute Gasteiger partial charge is 0.211 e. The zero-order valence-corrected chi connectivity index (χ0v) is 24.5. The van der Waals surface area contributed by atoms with E-state index in [1.165, 1.54) is 36.5 Å². The number of nitrogens with one attached hydrogen (secondary N) is 1. The van der Waals surface area contributed by atoms with Gasteiger partial charge in [0.1, 0.15) is 6.17 Å². The van der Waals surface area contributed by atoms with Gasteiger partial charge >= 0.3 is 0 Å². The lowest BCUT2D eigenvalue weighted by atomic mass is 10.0. The number of aliphatic imine (C=N–C) groups is 2. The van der Waals surface area contributed by atoms with Gasteiger partial charge in [-0.15, -0.1) is 11.3 Å². The Kier molecular flexibility index (Phi) is 5.71. The van der Waals surface area contributed by atoms with Crippen molar-refractivity contribution in [3.05, 3.63) is 157 Å². The van der Waals surface area contributed by atoms with Crippen LogP contribution in [0.25, 0.3) is 53.1 Å². The third-order valence-corrected chi connectivity index (χ3v) is 9.59. The monoisotopic (exact) mass is 582 g/mol. The fourth-order valence-corrected chi connectivity index (χ4v) is 7.50. The van der Waals surface area contributed by atoms with Gasteiger partial charge in [0.15, 0.2) is 5.84 Å². The van der Waals surface area contributed by atoms with Crippen molar-refractivity contribution in [3.8, 4) is 11.1 Å². The molecule has 1 atom stereocenters. The highest BCUT2D eigenvalue weighted by Gasteiger charge is 2.24. The van der Waals surface area contributed by atoms with Crippen molar-refractivity contribution in [1.82, 2.24) is 9.88 Å². The van der Waals surface area contributed by atoms with Gasteiger partial charge < -0.3 is 5.32 Å². The Labute approximate surface area is 258 Å². The number of aromatic nitrogens is 1. The van der Waals surface area contributed by atoms with Crippen LogP contribution in [0, 0.1) is 0 Å². The number of hydrogen-bond donors (Lipinski definition) is 1. The Morgan fingerprint density at radius 3 is 2.09 bits per heavy atom. The number of fused-ring (bicyclic) bond motifs is 6. The summed E-state index contributed by atoms with van der Waals surface area (Å²) in [6.07, 6.45) is -0.291. The summed E-state index contributed by atoms with van der Waals surface area (Å²) in [5.74, 6) is 1.47. The summed E-state index contributed by atoms with van der Waals surface area (Å²) in [6, 6.07) is 51.4. The maximum Gasteiger partial charge on any atom is 0.211 e. The molecule has 1 N–H and O–H groups in total. The molecule has 8 aromatic rings. The number of amidine groups is 1. The molecule has 1 aliphatic rings. The van der Waals surface area contributed by atoms with Gasteiger partial charge in [-0.05, 0) is 47.0 Å². The minimum Gasteiger partial charge on any atom is -0.330 e. The standard InChI is InChI=1S/C39H26N4S/c1-3-12-25(13-4-1)27-16-11-17-28(22-27)38-40-37(26-14-5-2-6-15-26)41-39(42-38)43-33-20-9-7-18-29(33)31-24-36-32(23-34(31)43)30-19-8-10-21-35(30)44-36/h1-24,37H,(H,40,41,42). The van der Waals surface area contributed by atoms with E-state index in [2.05, 4.69) is 143 Å². The maximum absolute atomic E-state index is 5.26. The number of nitrogens with zero attached hydrogens (tertiary/aromatic N) is 3. The summed E-state index contributed by atoms with van der Waals surface area (Å²) in [4.78, 5) is 10.4. The van der Waals surface area contributed by atoms with Gasteiger partial charge in [-0.2, -0.15) is 4.99 Å². The molecule has 208 valence electrons. The molecular formula is C39H26N4S. The molecule has 0 fully saturated rings. The van der Waals surface area contributed by atoms with Crippen LogP contribution in [0.4, 0.5) is 0 Å². The SMILES string of the molecule is c1ccc(-c2cccc(C3=NC(c4ccccc4)NC(n4c5ccccc5c5cc6sc7ccccc7c6cc54)=N3)c2)cc1. The van der Waals surface area contributed by atoms with E-state index >= 15 is 0 Å². The molecule has 44 heavy (non-hydrogen) atoms. The van der Waals surface area contributed by atoms with E-state index in [9.17, 15) is 0 Å². The van der Waals surface area contributed by atoms with Crippen molar-refractivity contribution in [1.29, 1.82) is 0 Å². The Morgan fingerprint density at radius 1 is 0.523 bits per heavy atom. The summed E-state index contributed by atoms with van der Waals surface area (Å²) in [6.45, 7) is 0. The molecule has 0 saturated heterocycles. The van der Waals surface area contributed by atoms with Gasteiger partial charge in [-0.3, -0.25) is 4.57 Å². The van der Waals surface area contributed by atoms with Crippen LogP contribution in [0.5, 0.6) is 0 Å². The quantitative estimate of drug-likeness (QED) is 0.221. The van der Waals surface area contributed by atoms with Crippen LogP contribution in [0.2, 0.25) is 0 Å². The normalized spacial score (nSPS) is 15.0. The highest BCUT2D eigenvalue weighted by atomic mass is 32.1. The predicted octanol–water partition coefficient (Wildman–Crippen LogP) is 9.78. The summed E-state index contributed by atoms with van der Waals surface area (Å²) in [5.41, 5.74) is 6.62. The average molecular weight is 583 g/mol. The van der Waals surface area contributed by atoms with Crippen LogP contribution in [-0.2, 0) is 0 Å². The second-order valence-electron chi connectivity index (χ2n) is 11.1. The molecule has 4 nitrogen and oxygen atoms in total. The number of hydrogen-bond acceptors (Lipinski definition) is 4. The highest BCUT2D eigenvalue weighted by Crippen LogP contribution is 2.39. The fraction of sp³-hybridized carbons (Fsp3) is 0.0256. The molecule has 2 aromatic heterocycles. The first kappa shape index (κ1) is 25.0. The molecule has 0 saturated carbocycles. The fourth-order valence-electron chi connectivity index (χ4n) is 6.37. The maximum atomic E-state index is 5.26. The first-order valence-electron chi connectivity index (χ1n) is 14.8. The number of rotatable bonds is 3. The third-order valence-electron chi connectivity index (χ3n) is 8.46. The zero-order valence-electron chi connectivity index (χ0n) is 23.7. The summed E-state index contributed by atoms with van der Waals surface area (Å²) in [5, 5.41) is 8.68. The summed E-state index contributed by atoms with van der Waals surface area (Å²) < 4.78 is 4.88. The molecule has 0 radical (unpaired) electrons. The van der Waals surface area contributed by atoms with Gasteiger partial charge in [0.05, 0.1) is 11.0 Å². The van der Waals surface area contributed by atoms with Gasteiger partial charge in [-0.1, -0.05) is 115 Å². The van der Waals surface area contributed by atoms with E-state index in [4.69, 9.17) is 9.98 Å². The second-order valence-corrected chi connectivity index (χ2v) is 12.2. The van der Waals surface area contributed by atoms with E-state index in [0.29, 0.717) is 5.84 Å². The highest BCUT2D eigenvalue weighted by molar-refractivity contribution is 7.25. The van der Waals surface area contributed by atoms with E-state index in [-0.39, 0.29) is 6.17 Å². The molecule has 1 unspecified atom stereocenters. The summed E-state index contributed by atoms with van der Waals surface area (Å²) >= 11 is 1.85. The van der Waals surface area contributed by atoms with Crippen molar-refractivity contribution in [2.24, 2.45) is 9.98 Å². The molecular weight excluding hydrogens is 557 g/mol. The minimum absolute atomic E-state index is 0.291. The van der Waals surface area contributed by atoms with Gasteiger partial charge in [-0.25, -0.2) is 4.99 Å². The third kappa shape index (κ3) is 4.05. The zero-order chi connectivity index (χ0) is 29.0. The van der Waals surface area contributed by atoms with Gasteiger partial charge in [0, 0.05) is 36.5 Å². The largest absolute Gasteiger partial charge is 0.330 e. The van der Waals surface area contributed by atoms with Crippen molar-refractivity contribution in [2.75, 3.05) is 0 Å². The van der Waals surface area contributed by atoms with E-state index < -0.39 is 0 Å². The van der Waals surface area contributed by atoms with E-state index in [1.807, 2.05) is 23.5 Å². The average Bonchev–Trinajstić information content (AvgIpc) is 3.63. The first-order chi connectivity index (χ1) is 21.8. The first-order valence-corrected chi connectivity index (χ1v) is 15.6. The number of para-hydroxylation sites is 1. The molecule has 5 heteroatoms. The molecule has 0 aliphatic carbocycles. The van der Waals surface area contributed by atoms with Crippen LogP contribution in [0.1, 0.15) is 17.3 Å². The molecule has 9 rings (SSSR count). The topological polar surface area (TPSA) is 41.7 Å². The molecule has 3 heterocycles. The van der Waals surface area contributed by atoms with E-state index in [1.54, 1.807) is 0 Å². The summed E-state index contributed by atoms with van der Waals surface area (Å²) in [7, 11) is 0. The van der Waals surface area contributed by atoms with Crippen molar-refractivity contribution >= 4 is 65.1 Å². The van der Waals surface area contributed by atoms with E-state index in [0.717, 1.165) is 33.7 Å². The van der Waals surface area contributed by atoms with Gasteiger partial charge in [0.25, 0.3) is 0 Å². The second kappa shape index (κ2) is 10.0. The van der Waals surface area contributed by atoms with Crippen LogP contribution >= 0.6 is 11.3 Å². The molecule has 1 aliphatic heterocycles. The van der Waals surface area contributed by atoms with Crippen LogP contribution < -0.4 is 5.32 Å². The molecule has 0 bridgehead atoms. The number of benzene rings is 6. The van der Waals surface area contributed by atoms with Crippen LogP contribution in [0.3, 0.4) is 0 Å². The predicted molar refractivity (Wildman–Crippen MR) is 186 cm³/mol.